The summed E-state index contributed by atoms with van der Waals surface area (Å²) < 4.78 is 2.02. The van der Waals surface area contributed by atoms with E-state index in [1.165, 1.54) is 0 Å². The van der Waals surface area contributed by atoms with E-state index in [1.54, 1.807) is 0 Å². The Morgan fingerprint density at radius 3 is 2.85 bits per heavy atom. The average Bonchev–Trinajstić information content (AvgIpc) is 2.86. The van der Waals surface area contributed by atoms with Crippen molar-refractivity contribution in [1.29, 1.82) is 5.26 Å². The maximum absolute atomic E-state index is 9.57. The van der Waals surface area contributed by atoms with Crippen molar-refractivity contribution in [2.24, 2.45) is 0 Å². The molecule has 128 valence electrons. The van der Waals surface area contributed by atoms with Crippen LogP contribution in [0.15, 0.2) is 42.5 Å². The summed E-state index contributed by atoms with van der Waals surface area (Å²) in [6.07, 6.45) is 1.11. The Morgan fingerprint density at radius 2 is 1.92 bits per heavy atom. The van der Waals surface area contributed by atoms with Crippen LogP contribution in [0.5, 0.6) is 0 Å². The van der Waals surface area contributed by atoms with Crippen LogP contribution in [0.25, 0.3) is 27.7 Å². The van der Waals surface area contributed by atoms with Gasteiger partial charge in [0.25, 0.3) is 0 Å². The minimum absolute atomic E-state index is 0.572. The van der Waals surface area contributed by atoms with Gasteiger partial charge in [0.15, 0.2) is 5.65 Å². The van der Waals surface area contributed by atoms with Gasteiger partial charge >= 0.3 is 0 Å². The van der Waals surface area contributed by atoms with Crippen LogP contribution < -0.4 is 10.2 Å². The molecule has 0 amide bonds. The first-order valence-electron chi connectivity index (χ1n) is 8.92. The zero-order valence-corrected chi connectivity index (χ0v) is 14.3. The number of nitriles is 1. The monoisotopic (exact) mass is 342 g/mol. The van der Waals surface area contributed by atoms with E-state index in [-0.39, 0.29) is 0 Å². The van der Waals surface area contributed by atoms with Crippen molar-refractivity contribution in [3.8, 4) is 6.07 Å². The van der Waals surface area contributed by atoms with Crippen molar-refractivity contribution in [3.05, 3.63) is 48.0 Å². The van der Waals surface area contributed by atoms with Crippen LogP contribution in [-0.2, 0) is 0 Å². The molecule has 0 unspecified atom stereocenters. The van der Waals surface area contributed by atoms with Crippen molar-refractivity contribution in [2.45, 2.75) is 6.42 Å². The summed E-state index contributed by atoms with van der Waals surface area (Å²) in [7, 11) is 0. The fourth-order valence-electron chi connectivity index (χ4n) is 3.72. The molecule has 0 atom stereocenters. The first-order valence-corrected chi connectivity index (χ1v) is 8.92. The number of para-hydroxylation sites is 2. The van der Waals surface area contributed by atoms with E-state index in [9.17, 15) is 5.26 Å². The maximum Gasteiger partial charge on any atom is 0.157 e. The Hall–Kier alpha value is -3.17. The Balaban J connectivity index is 1.81. The van der Waals surface area contributed by atoms with Crippen LogP contribution >= 0.6 is 0 Å². The fraction of sp³-hybridized carbons (Fsp3) is 0.250. The van der Waals surface area contributed by atoms with Gasteiger partial charge in [-0.25, -0.2) is 9.97 Å². The molecule has 26 heavy (non-hydrogen) atoms. The molecule has 1 saturated heterocycles. The Labute approximate surface area is 150 Å². The van der Waals surface area contributed by atoms with Gasteiger partial charge in [-0.2, -0.15) is 5.26 Å². The number of nitrogens with zero attached hydrogens (tertiary/aromatic N) is 5. The van der Waals surface area contributed by atoms with Gasteiger partial charge in [0, 0.05) is 25.0 Å². The van der Waals surface area contributed by atoms with Gasteiger partial charge in [-0.15, -0.1) is 0 Å². The van der Waals surface area contributed by atoms with Gasteiger partial charge < -0.3 is 10.2 Å². The molecule has 6 heteroatoms. The third-order valence-corrected chi connectivity index (χ3v) is 4.99. The van der Waals surface area contributed by atoms with Crippen molar-refractivity contribution >= 4 is 33.5 Å². The van der Waals surface area contributed by atoms with Crippen molar-refractivity contribution in [1.82, 2.24) is 19.7 Å². The lowest BCUT2D eigenvalue weighted by Crippen LogP contribution is -2.28. The van der Waals surface area contributed by atoms with Crippen molar-refractivity contribution in [3.63, 3.8) is 0 Å². The molecule has 0 spiro atoms. The number of nitrogens with one attached hydrogen (secondary N) is 1. The second-order valence-corrected chi connectivity index (χ2v) is 6.60. The van der Waals surface area contributed by atoms with Crippen LogP contribution in [0.3, 0.4) is 0 Å². The highest BCUT2D eigenvalue weighted by molar-refractivity contribution is 5.91. The van der Waals surface area contributed by atoms with Gasteiger partial charge in [0.2, 0.25) is 0 Å². The molecular weight excluding hydrogens is 324 g/mol. The highest BCUT2D eigenvalue weighted by Gasteiger charge is 2.16. The van der Waals surface area contributed by atoms with Gasteiger partial charge in [-0.1, -0.05) is 12.1 Å². The molecule has 1 fully saturated rings. The van der Waals surface area contributed by atoms with Crippen LogP contribution in [0.1, 0.15) is 12.0 Å². The maximum atomic E-state index is 9.57. The smallest absolute Gasteiger partial charge is 0.157 e. The minimum Gasteiger partial charge on any atom is -0.355 e. The van der Waals surface area contributed by atoms with E-state index < -0.39 is 0 Å². The molecule has 6 nitrogen and oxygen atoms in total. The lowest BCUT2D eigenvalue weighted by Gasteiger charge is -2.21. The number of anilines is 1. The van der Waals surface area contributed by atoms with E-state index in [0.29, 0.717) is 11.2 Å². The second-order valence-electron chi connectivity index (χ2n) is 6.60. The van der Waals surface area contributed by atoms with Gasteiger partial charge in [-0.3, -0.25) is 4.40 Å². The summed E-state index contributed by atoms with van der Waals surface area (Å²) in [6.45, 7) is 3.96. The average molecular weight is 342 g/mol. The predicted molar refractivity (Wildman–Crippen MR) is 102 cm³/mol. The largest absolute Gasteiger partial charge is 0.355 e. The molecule has 1 aliphatic heterocycles. The number of hydrogen-bond donors (Lipinski definition) is 1. The normalized spacial score (nSPS) is 15.4. The molecule has 4 aromatic rings. The predicted octanol–water partition coefficient (Wildman–Crippen LogP) is 2.71. The molecule has 1 aliphatic rings. The summed E-state index contributed by atoms with van der Waals surface area (Å²) in [5, 5.41) is 14.0. The van der Waals surface area contributed by atoms with Crippen molar-refractivity contribution in [2.75, 3.05) is 31.1 Å². The molecule has 0 radical (unpaired) electrons. The zero-order chi connectivity index (χ0) is 17.5. The van der Waals surface area contributed by atoms with E-state index in [1.807, 2.05) is 34.7 Å². The van der Waals surface area contributed by atoms with Crippen LogP contribution in [0.4, 0.5) is 5.82 Å². The molecule has 0 aliphatic carbocycles. The second kappa shape index (κ2) is 5.97. The minimum atomic E-state index is 0.572. The summed E-state index contributed by atoms with van der Waals surface area (Å²) >= 11 is 0. The van der Waals surface area contributed by atoms with Gasteiger partial charge in [-0.05, 0) is 43.3 Å². The highest BCUT2D eigenvalue weighted by Crippen LogP contribution is 2.27. The van der Waals surface area contributed by atoms with Crippen LogP contribution in [0, 0.1) is 11.3 Å². The Morgan fingerprint density at radius 1 is 1.00 bits per heavy atom. The van der Waals surface area contributed by atoms with Crippen LogP contribution in [0.2, 0.25) is 0 Å². The molecule has 1 N–H and O–H groups in total. The number of imidazole rings is 1. The first kappa shape index (κ1) is 15.1. The number of benzene rings is 1. The summed E-state index contributed by atoms with van der Waals surface area (Å²) in [5.41, 5.74) is 3.95. The summed E-state index contributed by atoms with van der Waals surface area (Å²) in [6, 6.07) is 16.2. The lowest BCUT2D eigenvalue weighted by molar-refractivity contribution is 0.724. The molecule has 0 saturated carbocycles. The number of pyridine rings is 2. The quantitative estimate of drug-likeness (QED) is 0.576. The van der Waals surface area contributed by atoms with E-state index in [4.69, 9.17) is 4.98 Å². The molecule has 3 aromatic heterocycles. The fourth-order valence-corrected chi connectivity index (χ4v) is 3.72. The number of aromatic nitrogens is 3. The van der Waals surface area contributed by atoms with E-state index in [0.717, 1.165) is 60.5 Å². The first-order chi connectivity index (χ1) is 12.8. The summed E-state index contributed by atoms with van der Waals surface area (Å²) in [5.74, 6) is 0.977. The van der Waals surface area contributed by atoms with E-state index in [2.05, 4.69) is 33.4 Å². The number of hydrogen-bond acceptors (Lipinski definition) is 5. The van der Waals surface area contributed by atoms with E-state index >= 15 is 0 Å². The van der Waals surface area contributed by atoms with Crippen molar-refractivity contribution < 1.29 is 0 Å². The summed E-state index contributed by atoms with van der Waals surface area (Å²) in [4.78, 5) is 12.0. The molecular formula is C20H18N6. The molecule has 1 aromatic carbocycles. The Kier molecular flexibility index (Phi) is 3.47. The Bertz CT molecular complexity index is 1160. The third kappa shape index (κ3) is 2.29. The van der Waals surface area contributed by atoms with Crippen LogP contribution in [-0.4, -0.2) is 40.5 Å². The molecule has 0 bridgehead atoms. The topological polar surface area (TPSA) is 69.2 Å². The number of fused-ring (bicyclic) bond motifs is 5. The highest BCUT2D eigenvalue weighted by atomic mass is 15.2. The van der Waals surface area contributed by atoms with Gasteiger partial charge in [0.1, 0.15) is 17.5 Å². The standard InChI is InChI=1S/C20H18N6/c21-13-15-12-14-6-7-18(25-10-3-8-22-9-11-25)24-19(14)26-17-5-2-1-4-16(17)23-20(15)26/h1-2,4-7,12,22H,3,8-11H2. The SMILES string of the molecule is N#Cc1cc2ccc(N3CCCNCC3)nc2n2c1nc1ccccc12. The molecule has 5 rings (SSSR count). The third-order valence-electron chi connectivity index (χ3n) is 4.99. The zero-order valence-electron chi connectivity index (χ0n) is 14.3. The molecule has 4 heterocycles. The van der Waals surface area contributed by atoms with Gasteiger partial charge in [0.05, 0.1) is 16.6 Å². The lowest BCUT2D eigenvalue weighted by atomic mass is 10.2. The number of rotatable bonds is 1.